The monoisotopic (exact) mass is 287 g/mol. The molecule has 0 unspecified atom stereocenters. The maximum atomic E-state index is 11.0. The summed E-state index contributed by atoms with van der Waals surface area (Å²) in [5, 5.41) is 11.9. The van der Waals surface area contributed by atoms with Crippen molar-refractivity contribution in [3.8, 4) is 0 Å². The van der Waals surface area contributed by atoms with E-state index in [1.165, 1.54) is 6.33 Å². The van der Waals surface area contributed by atoms with Crippen LogP contribution in [0.5, 0.6) is 0 Å². The van der Waals surface area contributed by atoms with Gasteiger partial charge in [-0.15, -0.1) is 0 Å². The van der Waals surface area contributed by atoms with Gasteiger partial charge in [0, 0.05) is 6.20 Å². The average Bonchev–Trinajstić information content (AvgIpc) is 2.19. The summed E-state index contributed by atoms with van der Waals surface area (Å²) in [4.78, 5) is 18.8. The number of hydrogen-bond donors (Lipinski definition) is 2. The van der Waals surface area contributed by atoms with E-state index < -0.39 is 12.0 Å². The predicted octanol–water partition coefficient (Wildman–Crippen LogP) is 2.15. The molecule has 1 rings (SSSR count). The average molecular weight is 288 g/mol. The minimum absolute atomic E-state index is 0.300. The van der Waals surface area contributed by atoms with Gasteiger partial charge < -0.3 is 10.4 Å². The number of carbonyl (C=O) groups is 1. The Labute approximate surface area is 102 Å². The number of nitrogens with zero attached hydrogens (tertiary/aromatic N) is 2. The Morgan fingerprint density at radius 3 is 2.81 bits per heavy atom. The summed E-state index contributed by atoms with van der Waals surface area (Å²) in [6.07, 6.45) is 3.50. The third-order valence-electron chi connectivity index (χ3n) is 1.98. The molecule has 6 heteroatoms. The molecule has 0 aliphatic carbocycles. The zero-order chi connectivity index (χ0) is 12.1. The Balaban J connectivity index is 2.76. The van der Waals surface area contributed by atoms with Crippen LogP contribution in [0.15, 0.2) is 17.0 Å². The molecule has 0 aliphatic rings. The second-order valence-corrected chi connectivity index (χ2v) is 4.74. The van der Waals surface area contributed by atoms with Gasteiger partial charge in [0.2, 0.25) is 0 Å². The molecule has 0 saturated heterocycles. The Morgan fingerprint density at radius 1 is 1.62 bits per heavy atom. The summed E-state index contributed by atoms with van der Waals surface area (Å²) >= 11 is 3.26. The normalized spacial score (nSPS) is 12.5. The second kappa shape index (κ2) is 5.79. The molecular weight excluding hydrogens is 274 g/mol. The van der Waals surface area contributed by atoms with Crippen LogP contribution in [0.1, 0.15) is 20.3 Å². The van der Waals surface area contributed by atoms with Crippen molar-refractivity contribution in [2.24, 2.45) is 5.92 Å². The minimum atomic E-state index is -0.876. The molecule has 1 atom stereocenters. The maximum Gasteiger partial charge on any atom is 0.326 e. The molecule has 16 heavy (non-hydrogen) atoms. The van der Waals surface area contributed by atoms with Gasteiger partial charge in [-0.25, -0.2) is 14.8 Å². The molecule has 0 aromatic carbocycles. The fourth-order valence-corrected chi connectivity index (χ4v) is 1.61. The molecule has 0 aliphatic heterocycles. The van der Waals surface area contributed by atoms with Crippen molar-refractivity contribution in [3.63, 3.8) is 0 Å². The van der Waals surface area contributed by atoms with Gasteiger partial charge in [0.05, 0.1) is 4.47 Å². The Kier molecular flexibility index (Phi) is 4.67. The van der Waals surface area contributed by atoms with E-state index in [9.17, 15) is 4.79 Å². The molecule has 1 heterocycles. The standard InChI is InChI=1S/C10H14BrN3O2/c1-6(2)3-8(10(15)16)14-9-7(11)4-12-5-13-9/h4-6,8H,3H2,1-2H3,(H,15,16)(H,12,13,14)/t8-/m0/s1. The van der Waals surface area contributed by atoms with E-state index in [2.05, 4.69) is 31.2 Å². The number of carboxylic acids is 1. The quantitative estimate of drug-likeness (QED) is 0.868. The van der Waals surface area contributed by atoms with Gasteiger partial charge in [0.25, 0.3) is 0 Å². The first-order valence-corrected chi connectivity index (χ1v) is 5.75. The van der Waals surface area contributed by atoms with Crippen LogP contribution in [0, 0.1) is 5.92 Å². The zero-order valence-corrected chi connectivity index (χ0v) is 10.7. The highest BCUT2D eigenvalue weighted by Crippen LogP contribution is 2.19. The summed E-state index contributed by atoms with van der Waals surface area (Å²) in [5.74, 6) is -0.0727. The molecule has 2 N–H and O–H groups in total. The van der Waals surface area contributed by atoms with Crippen molar-refractivity contribution in [2.45, 2.75) is 26.3 Å². The van der Waals surface area contributed by atoms with Crippen LogP contribution in [-0.4, -0.2) is 27.1 Å². The van der Waals surface area contributed by atoms with Crippen LogP contribution < -0.4 is 5.32 Å². The van der Waals surface area contributed by atoms with E-state index in [1.54, 1.807) is 6.20 Å². The van der Waals surface area contributed by atoms with E-state index in [4.69, 9.17) is 5.11 Å². The van der Waals surface area contributed by atoms with Crippen LogP contribution in [0.2, 0.25) is 0 Å². The lowest BCUT2D eigenvalue weighted by molar-refractivity contribution is -0.138. The van der Waals surface area contributed by atoms with Crippen LogP contribution in [0.25, 0.3) is 0 Å². The van der Waals surface area contributed by atoms with Gasteiger partial charge >= 0.3 is 5.97 Å². The maximum absolute atomic E-state index is 11.0. The smallest absolute Gasteiger partial charge is 0.326 e. The summed E-state index contributed by atoms with van der Waals surface area (Å²) < 4.78 is 0.657. The minimum Gasteiger partial charge on any atom is -0.480 e. The molecule has 1 aromatic heterocycles. The van der Waals surface area contributed by atoms with E-state index in [0.717, 1.165) is 0 Å². The van der Waals surface area contributed by atoms with E-state index in [1.807, 2.05) is 13.8 Å². The molecule has 0 radical (unpaired) electrons. The van der Waals surface area contributed by atoms with Crippen LogP contribution >= 0.6 is 15.9 Å². The fourth-order valence-electron chi connectivity index (χ4n) is 1.28. The number of anilines is 1. The molecule has 1 aromatic rings. The number of hydrogen-bond acceptors (Lipinski definition) is 4. The number of halogens is 1. The molecule has 0 saturated carbocycles. The van der Waals surface area contributed by atoms with E-state index in [-0.39, 0.29) is 0 Å². The highest BCUT2D eigenvalue weighted by Gasteiger charge is 2.19. The fraction of sp³-hybridized carbons (Fsp3) is 0.500. The number of carboxylic acid groups (broad SMARTS) is 1. The largest absolute Gasteiger partial charge is 0.480 e. The van der Waals surface area contributed by atoms with Crippen molar-refractivity contribution in [3.05, 3.63) is 17.0 Å². The third kappa shape index (κ3) is 3.77. The van der Waals surface area contributed by atoms with Crippen LogP contribution in [-0.2, 0) is 4.79 Å². The number of nitrogens with one attached hydrogen (secondary N) is 1. The Hall–Kier alpha value is -1.17. The van der Waals surface area contributed by atoms with E-state index >= 15 is 0 Å². The molecule has 0 bridgehead atoms. The number of rotatable bonds is 5. The van der Waals surface area contributed by atoms with Crippen molar-refractivity contribution >= 4 is 27.7 Å². The summed E-state index contributed by atoms with van der Waals surface area (Å²) in [6, 6.07) is -0.633. The van der Waals surface area contributed by atoms with Crippen molar-refractivity contribution in [2.75, 3.05) is 5.32 Å². The number of aromatic nitrogens is 2. The Bertz CT molecular complexity index is 371. The van der Waals surface area contributed by atoms with Crippen molar-refractivity contribution in [1.82, 2.24) is 9.97 Å². The zero-order valence-electron chi connectivity index (χ0n) is 9.14. The van der Waals surface area contributed by atoms with Gasteiger partial charge in [-0.1, -0.05) is 13.8 Å². The molecule has 5 nitrogen and oxygen atoms in total. The Morgan fingerprint density at radius 2 is 2.31 bits per heavy atom. The highest BCUT2D eigenvalue weighted by molar-refractivity contribution is 9.10. The lowest BCUT2D eigenvalue weighted by Crippen LogP contribution is -2.31. The van der Waals surface area contributed by atoms with Crippen LogP contribution in [0.3, 0.4) is 0 Å². The van der Waals surface area contributed by atoms with Crippen LogP contribution in [0.4, 0.5) is 5.82 Å². The van der Waals surface area contributed by atoms with Gasteiger partial charge in [0.1, 0.15) is 18.2 Å². The molecule has 0 amide bonds. The first-order chi connectivity index (χ1) is 7.50. The van der Waals surface area contributed by atoms with Gasteiger partial charge in [-0.3, -0.25) is 0 Å². The summed E-state index contributed by atoms with van der Waals surface area (Å²) in [6.45, 7) is 3.96. The third-order valence-corrected chi connectivity index (χ3v) is 2.56. The molecule has 88 valence electrons. The molecule has 0 fully saturated rings. The first-order valence-electron chi connectivity index (χ1n) is 4.95. The van der Waals surface area contributed by atoms with E-state index in [0.29, 0.717) is 22.6 Å². The van der Waals surface area contributed by atoms with Gasteiger partial charge in [0.15, 0.2) is 0 Å². The lowest BCUT2D eigenvalue weighted by atomic mass is 10.0. The van der Waals surface area contributed by atoms with Gasteiger partial charge in [-0.05, 0) is 28.3 Å². The summed E-state index contributed by atoms with van der Waals surface area (Å²) in [7, 11) is 0. The highest BCUT2D eigenvalue weighted by atomic mass is 79.9. The topological polar surface area (TPSA) is 75.1 Å². The van der Waals surface area contributed by atoms with Gasteiger partial charge in [-0.2, -0.15) is 0 Å². The molecular formula is C10H14BrN3O2. The lowest BCUT2D eigenvalue weighted by Gasteiger charge is -2.17. The first kappa shape index (κ1) is 12.9. The summed E-state index contributed by atoms with van der Waals surface area (Å²) in [5.41, 5.74) is 0. The second-order valence-electron chi connectivity index (χ2n) is 3.88. The SMILES string of the molecule is CC(C)C[C@H](Nc1ncncc1Br)C(=O)O. The predicted molar refractivity (Wildman–Crippen MR) is 64.2 cm³/mol. The molecule has 0 spiro atoms. The van der Waals surface area contributed by atoms with Crippen molar-refractivity contribution < 1.29 is 9.90 Å². The number of aliphatic carboxylic acids is 1. The van der Waals surface area contributed by atoms with Crippen molar-refractivity contribution in [1.29, 1.82) is 0 Å².